The Bertz CT molecular complexity index is 1380. The van der Waals surface area contributed by atoms with E-state index >= 15 is 0 Å². The van der Waals surface area contributed by atoms with Crippen LogP contribution in [0.5, 0.6) is 5.75 Å². The minimum atomic E-state index is -4.90. The predicted molar refractivity (Wildman–Crippen MR) is 126 cm³/mol. The van der Waals surface area contributed by atoms with Crippen LogP contribution in [0.4, 0.5) is 18.0 Å². The molecular weight excluding hydrogens is 525 g/mol. The number of rotatable bonds is 5. The van der Waals surface area contributed by atoms with Gasteiger partial charge in [-0.05, 0) is 37.8 Å². The molecular formula is C24H27F3N6O4S. The monoisotopic (exact) mass is 552 g/mol. The van der Waals surface area contributed by atoms with E-state index in [9.17, 15) is 26.4 Å². The summed E-state index contributed by atoms with van der Waals surface area (Å²) in [6.07, 6.45) is 1.28. The van der Waals surface area contributed by atoms with Crippen LogP contribution in [-0.2, 0) is 10.0 Å². The van der Waals surface area contributed by atoms with Gasteiger partial charge in [-0.1, -0.05) is 6.07 Å². The second-order valence-corrected chi connectivity index (χ2v) is 13.6. The van der Waals surface area contributed by atoms with Crippen molar-refractivity contribution < 1.29 is 31.1 Å². The zero-order chi connectivity index (χ0) is 26.5. The molecule has 0 bridgehead atoms. The van der Waals surface area contributed by atoms with E-state index in [4.69, 9.17) is 0 Å². The Morgan fingerprint density at radius 1 is 1.00 bits per heavy atom. The summed E-state index contributed by atoms with van der Waals surface area (Å²) in [6, 6.07) is 4.74. The van der Waals surface area contributed by atoms with Gasteiger partial charge in [-0.3, -0.25) is 0 Å². The summed E-state index contributed by atoms with van der Waals surface area (Å²) in [7, 11) is -3.95. The number of alkyl halides is 3. The number of ether oxygens (including phenoxy) is 1. The van der Waals surface area contributed by atoms with Crippen LogP contribution in [0, 0.1) is 10.8 Å². The molecule has 2 amide bonds. The molecule has 3 aliphatic heterocycles. The van der Waals surface area contributed by atoms with Crippen LogP contribution in [0.3, 0.4) is 0 Å². The summed E-state index contributed by atoms with van der Waals surface area (Å²) in [5, 5.41) is 4.63. The fourth-order valence-electron chi connectivity index (χ4n) is 6.43. The van der Waals surface area contributed by atoms with Crippen molar-refractivity contribution in [2.24, 2.45) is 10.8 Å². The highest BCUT2D eigenvalue weighted by atomic mass is 32.2. The molecule has 1 aromatic carbocycles. The number of hydrogen-bond acceptors (Lipinski definition) is 6. The summed E-state index contributed by atoms with van der Waals surface area (Å²) < 4.78 is 70.4. The van der Waals surface area contributed by atoms with Gasteiger partial charge < -0.3 is 14.5 Å². The number of carbonyl (C=O) groups excluding carboxylic acids is 1. The standard InChI is InChI=1S/C24H27F3N6O4S/c25-24(26,27)37-18-2-1-3-19(6-18)38(35,36)32-13-23(14-32)11-31(12-23)21(34)30-9-22(10-30)7-17(8-22)33-15-28-20(29-33)16-4-5-16/h1-3,6,15-17H,4-5,7-14H2. The minimum Gasteiger partial charge on any atom is -0.406 e. The topological polar surface area (TPSA) is 101 Å². The molecule has 5 fully saturated rings. The summed E-state index contributed by atoms with van der Waals surface area (Å²) >= 11 is 0. The molecule has 38 heavy (non-hydrogen) atoms. The summed E-state index contributed by atoms with van der Waals surface area (Å²) in [5.41, 5.74) is -0.125. The molecule has 0 N–H and O–H groups in total. The molecule has 0 radical (unpaired) electrons. The number of amides is 2. The summed E-state index contributed by atoms with van der Waals surface area (Å²) in [6.45, 7) is 2.87. The van der Waals surface area contributed by atoms with E-state index in [1.807, 2.05) is 15.9 Å². The molecule has 0 atom stereocenters. The molecule has 14 heteroatoms. The number of aromatic nitrogens is 3. The van der Waals surface area contributed by atoms with Gasteiger partial charge in [0.05, 0.1) is 10.9 Å². The van der Waals surface area contributed by atoms with Crippen molar-refractivity contribution in [1.29, 1.82) is 0 Å². The fourth-order valence-corrected chi connectivity index (χ4v) is 8.13. The normalized spacial score (nSPS) is 24.5. The predicted octanol–water partition coefficient (Wildman–Crippen LogP) is 2.82. The van der Waals surface area contributed by atoms with Gasteiger partial charge in [0, 0.05) is 62.1 Å². The largest absolute Gasteiger partial charge is 0.573 e. The number of nitrogens with zero attached hydrogens (tertiary/aromatic N) is 6. The quantitative estimate of drug-likeness (QED) is 0.566. The lowest BCUT2D eigenvalue weighted by Gasteiger charge is -2.63. The van der Waals surface area contributed by atoms with Crippen molar-refractivity contribution in [2.75, 3.05) is 39.3 Å². The van der Waals surface area contributed by atoms with Gasteiger partial charge in [0.15, 0.2) is 5.82 Å². The van der Waals surface area contributed by atoms with E-state index in [0.717, 1.165) is 43.9 Å². The van der Waals surface area contributed by atoms with Crippen molar-refractivity contribution in [1.82, 2.24) is 28.9 Å². The van der Waals surface area contributed by atoms with Crippen LogP contribution < -0.4 is 4.74 Å². The Labute approximate surface area is 217 Å². The second kappa shape index (κ2) is 7.84. The number of hydrogen-bond donors (Lipinski definition) is 0. The molecule has 5 aliphatic rings. The lowest BCUT2D eigenvalue weighted by Crippen LogP contribution is -2.76. The Kier molecular flexibility index (Phi) is 4.99. The van der Waals surface area contributed by atoms with E-state index in [1.54, 1.807) is 4.90 Å². The number of carbonyl (C=O) groups is 1. The maximum atomic E-state index is 12.9. The van der Waals surface area contributed by atoms with E-state index in [-0.39, 0.29) is 34.8 Å². The van der Waals surface area contributed by atoms with Gasteiger partial charge in [-0.25, -0.2) is 22.9 Å². The van der Waals surface area contributed by atoms with Crippen LogP contribution in [0.25, 0.3) is 0 Å². The summed E-state index contributed by atoms with van der Waals surface area (Å²) in [5.74, 6) is 0.909. The molecule has 1 aromatic heterocycles. The second-order valence-electron chi connectivity index (χ2n) is 11.7. The maximum absolute atomic E-state index is 12.9. The molecule has 2 aromatic rings. The third kappa shape index (κ3) is 4.03. The molecule has 0 unspecified atom stereocenters. The molecule has 10 nitrogen and oxygen atoms in total. The third-order valence-electron chi connectivity index (χ3n) is 8.53. The highest BCUT2D eigenvalue weighted by molar-refractivity contribution is 7.89. The fraction of sp³-hybridized carbons (Fsp3) is 0.625. The molecule has 3 saturated heterocycles. The van der Waals surface area contributed by atoms with Gasteiger partial charge in [-0.15, -0.1) is 13.2 Å². The number of urea groups is 1. The zero-order valence-electron chi connectivity index (χ0n) is 20.5. The molecule has 7 rings (SSSR count). The van der Waals surface area contributed by atoms with Gasteiger partial charge >= 0.3 is 12.4 Å². The van der Waals surface area contributed by atoms with Gasteiger partial charge in [-0.2, -0.15) is 9.40 Å². The van der Waals surface area contributed by atoms with E-state index < -0.39 is 22.1 Å². The maximum Gasteiger partial charge on any atom is 0.573 e. The minimum absolute atomic E-state index is 0.0141. The van der Waals surface area contributed by atoms with E-state index in [2.05, 4.69) is 14.8 Å². The number of halogens is 3. The van der Waals surface area contributed by atoms with Crippen LogP contribution >= 0.6 is 0 Å². The lowest BCUT2D eigenvalue weighted by molar-refractivity contribution is -0.274. The van der Waals surface area contributed by atoms with Crippen LogP contribution in [-0.4, -0.2) is 88.9 Å². The molecule has 4 heterocycles. The molecule has 2 spiro atoms. The van der Waals surface area contributed by atoms with Crippen LogP contribution in [0.1, 0.15) is 43.5 Å². The van der Waals surface area contributed by atoms with Crippen LogP contribution in [0.15, 0.2) is 35.5 Å². The molecule has 2 saturated carbocycles. The van der Waals surface area contributed by atoms with Crippen molar-refractivity contribution in [3.8, 4) is 5.75 Å². The first kappa shape index (κ1) is 24.2. The van der Waals surface area contributed by atoms with Gasteiger partial charge in [0.25, 0.3) is 0 Å². The average Bonchev–Trinajstić information content (AvgIpc) is 3.46. The number of benzene rings is 1. The molecule has 2 aliphatic carbocycles. The first-order valence-electron chi connectivity index (χ1n) is 12.7. The van der Waals surface area contributed by atoms with Crippen molar-refractivity contribution in [3.63, 3.8) is 0 Å². The van der Waals surface area contributed by atoms with Gasteiger partial charge in [0.2, 0.25) is 10.0 Å². The Balaban J connectivity index is 0.882. The zero-order valence-corrected chi connectivity index (χ0v) is 21.3. The number of likely N-dealkylation sites (tertiary alicyclic amines) is 2. The van der Waals surface area contributed by atoms with Gasteiger partial charge in [0.1, 0.15) is 12.1 Å². The SMILES string of the molecule is O=C(N1CC2(CC(n3cnc(C4CC4)n3)C2)C1)N1CC2(C1)CN(S(=O)(=O)c1cccc(OC(F)(F)F)c1)C2. The summed E-state index contributed by atoms with van der Waals surface area (Å²) in [4.78, 5) is 20.7. The third-order valence-corrected chi connectivity index (χ3v) is 10.3. The highest BCUT2D eigenvalue weighted by Crippen LogP contribution is 2.54. The molecule has 204 valence electrons. The Morgan fingerprint density at radius 2 is 1.66 bits per heavy atom. The highest BCUT2D eigenvalue weighted by Gasteiger charge is 2.60. The van der Waals surface area contributed by atoms with Crippen molar-refractivity contribution in [3.05, 3.63) is 36.4 Å². The Morgan fingerprint density at radius 3 is 2.29 bits per heavy atom. The van der Waals surface area contributed by atoms with Crippen molar-refractivity contribution in [2.45, 2.75) is 48.9 Å². The van der Waals surface area contributed by atoms with Crippen LogP contribution in [0.2, 0.25) is 0 Å². The Hall–Kier alpha value is -2.87. The van der Waals surface area contributed by atoms with E-state index in [0.29, 0.717) is 25.0 Å². The first-order valence-corrected chi connectivity index (χ1v) is 14.2. The average molecular weight is 553 g/mol. The first-order chi connectivity index (χ1) is 17.9. The lowest BCUT2D eigenvalue weighted by atomic mass is 9.60. The number of sulfonamides is 1. The smallest absolute Gasteiger partial charge is 0.406 e. The van der Waals surface area contributed by atoms with E-state index in [1.165, 1.54) is 29.3 Å². The van der Waals surface area contributed by atoms with Crippen molar-refractivity contribution >= 4 is 16.1 Å².